The fourth-order valence-electron chi connectivity index (χ4n) is 1.38. The molecule has 0 radical (unpaired) electrons. The van der Waals surface area contributed by atoms with Crippen LogP contribution in [0.25, 0.3) is 0 Å². The van der Waals surface area contributed by atoms with Gasteiger partial charge in [0, 0.05) is 0 Å². The Morgan fingerprint density at radius 1 is 0.941 bits per heavy atom. The van der Waals surface area contributed by atoms with Crippen LogP contribution in [0.3, 0.4) is 0 Å². The predicted octanol–water partition coefficient (Wildman–Crippen LogP) is 3.01. The van der Waals surface area contributed by atoms with Gasteiger partial charge in [-0.1, -0.05) is 48.5 Å². The number of nitrogens with zero attached hydrogens (tertiary/aromatic N) is 3. The number of benzene rings is 2. The largest absolute Gasteiger partial charge is 0.206 e. The molecule has 0 aliphatic carbocycles. The molecule has 2 aromatic carbocycles. The summed E-state index contributed by atoms with van der Waals surface area (Å²) in [6, 6.07) is 19.0. The monoisotopic (exact) mass is 221 g/mol. The molecule has 0 aromatic heterocycles. The minimum absolute atomic E-state index is 0.752. The lowest BCUT2D eigenvalue weighted by atomic mass is 10.2. The molecule has 0 saturated heterocycles. The third-order valence-electron chi connectivity index (χ3n) is 2.22. The molecule has 82 valence electrons. The Labute approximate surface area is 100 Å². The van der Waals surface area contributed by atoms with E-state index in [4.69, 9.17) is 5.26 Å². The highest BCUT2D eigenvalue weighted by molar-refractivity contribution is 5.80. The molecule has 3 heteroatoms. The maximum absolute atomic E-state index is 9.02. The average molecular weight is 221 g/mol. The second-order valence-corrected chi connectivity index (χ2v) is 3.40. The van der Waals surface area contributed by atoms with Crippen molar-refractivity contribution in [2.75, 3.05) is 5.01 Å². The molecule has 0 spiro atoms. The van der Waals surface area contributed by atoms with Gasteiger partial charge in [-0.15, -0.1) is 0 Å². The fraction of sp³-hybridized carbons (Fsp3) is 0. The van der Waals surface area contributed by atoms with Crippen LogP contribution in [0.15, 0.2) is 65.8 Å². The van der Waals surface area contributed by atoms with Crippen molar-refractivity contribution in [3.8, 4) is 6.19 Å². The highest BCUT2D eigenvalue weighted by atomic mass is 15.4. The third kappa shape index (κ3) is 2.93. The maximum atomic E-state index is 9.02. The van der Waals surface area contributed by atoms with Crippen LogP contribution in [-0.2, 0) is 0 Å². The zero-order valence-corrected chi connectivity index (χ0v) is 9.19. The lowest BCUT2D eigenvalue weighted by Crippen LogP contribution is -2.07. The number of rotatable bonds is 3. The topological polar surface area (TPSA) is 39.4 Å². The van der Waals surface area contributed by atoms with E-state index in [9.17, 15) is 0 Å². The Hall–Kier alpha value is -2.60. The van der Waals surface area contributed by atoms with Gasteiger partial charge in [0.25, 0.3) is 0 Å². The first kappa shape index (κ1) is 10.9. The van der Waals surface area contributed by atoms with E-state index in [-0.39, 0.29) is 0 Å². The molecular weight excluding hydrogens is 210 g/mol. The van der Waals surface area contributed by atoms with Gasteiger partial charge >= 0.3 is 0 Å². The van der Waals surface area contributed by atoms with Crippen LogP contribution in [-0.4, -0.2) is 6.21 Å². The first-order valence-corrected chi connectivity index (χ1v) is 5.24. The minimum Gasteiger partial charge on any atom is -0.170 e. The molecule has 0 amide bonds. The van der Waals surface area contributed by atoms with Crippen molar-refractivity contribution >= 4 is 11.9 Å². The number of hydrogen-bond acceptors (Lipinski definition) is 3. The standard InChI is InChI=1S/C14H11N3/c15-12-17(14-9-5-2-6-10-14)16-11-13-7-3-1-4-8-13/h1-11H/b16-11-. The Morgan fingerprint density at radius 2 is 1.53 bits per heavy atom. The van der Waals surface area contributed by atoms with Crippen LogP contribution in [0.4, 0.5) is 5.69 Å². The van der Waals surface area contributed by atoms with E-state index < -0.39 is 0 Å². The zero-order valence-electron chi connectivity index (χ0n) is 9.19. The predicted molar refractivity (Wildman–Crippen MR) is 68.6 cm³/mol. The molecule has 0 fully saturated rings. The summed E-state index contributed by atoms with van der Waals surface area (Å²) >= 11 is 0. The van der Waals surface area contributed by atoms with E-state index in [1.165, 1.54) is 5.01 Å². The lowest BCUT2D eigenvalue weighted by molar-refractivity contribution is 1.09. The lowest BCUT2D eigenvalue weighted by Gasteiger charge is -2.07. The van der Waals surface area contributed by atoms with E-state index >= 15 is 0 Å². The smallest absolute Gasteiger partial charge is 0.170 e. The van der Waals surface area contributed by atoms with Crippen LogP contribution in [0.1, 0.15) is 5.56 Å². The highest BCUT2D eigenvalue weighted by Gasteiger charge is 2.00. The Balaban J connectivity index is 2.17. The van der Waals surface area contributed by atoms with Gasteiger partial charge in [0.2, 0.25) is 6.19 Å². The van der Waals surface area contributed by atoms with Gasteiger partial charge in [-0.25, -0.2) is 0 Å². The number of para-hydroxylation sites is 1. The molecule has 0 aliphatic rings. The van der Waals surface area contributed by atoms with Gasteiger partial charge < -0.3 is 0 Å². The van der Waals surface area contributed by atoms with Crippen molar-refractivity contribution in [3.05, 3.63) is 66.2 Å². The molecule has 2 rings (SSSR count). The van der Waals surface area contributed by atoms with Crippen molar-refractivity contribution in [2.24, 2.45) is 5.10 Å². The summed E-state index contributed by atoms with van der Waals surface area (Å²) in [6.07, 6.45) is 3.69. The van der Waals surface area contributed by atoms with Crippen LogP contribution in [0.2, 0.25) is 0 Å². The van der Waals surface area contributed by atoms with E-state index in [0.29, 0.717) is 0 Å². The fourth-order valence-corrected chi connectivity index (χ4v) is 1.38. The Bertz CT molecular complexity index is 526. The summed E-state index contributed by atoms with van der Waals surface area (Å²) in [5.74, 6) is 0. The van der Waals surface area contributed by atoms with Crippen LogP contribution >= 0.6 is 0 Å². The van der Waals surface area contributed by atoms with E-state index in [2.05, 4.69) is 5.10 Å². The van der Waals surface area contributed by atoms with E-state index in [1.807, 2.05) is 66.9 Å². The number of hydrazone groups is 1. The number of nitriles is 1. The van der Waals surface area contributed by atoms with E-state index in [0.717, 1.165) is 11.3 Å². The molecular formula is C14H11N3. The first-order valence-electron chi connectivity index (χ1n) is 5.24. The molecule has 0 heterocycles. The molecule has 0 atom stereocenters. The zero-order chi connectivity index (χ0) is 11.9. The Morgan fingerprint density at radius 3 is 2.12 bits per heavy atom. The SMILES string of the molecule is N#CN(/N=C\c1ccccc1)c1ccccc1. The second kappa shape index (κ2) is 5.47. The number of anilines is 1. The molecule has 0 aliphatic heterocycles. The summed E-state index contributed by atoms with van der Waals surface area (Å²) < 4.78 is 0. The summed E-state index contributed by atoms with van der Waals surface area (Å²) in [5, 5.41) is 14.4. The highest BCUT2D eigenvalue weighted by Crippen LogP contribution is 2.12. The molecule has 0 saturated carbocycles. The quantitative estimate of drug-likeness (QED) is 0.346. The maximum Gasteiger partial charge on any atom is 0.206 e. The van der Waals surface area contributed by atoms with Gasteiger partial charge in [-0.05, 0) is 17.7 Å². The molecule has 17 heavy (non-hydrogen) atoms. The van der Waals surface area contributed by atoms with Crippen LogP contribution in [0.5, 0.6) is 0 Å². The summed E-state index contributed by atoms with van der Waals surface area (Å²) in [7, 11) is 0. The van der Waals surface area contributed by atoms with Gasteiger partial charge in [0.05, 0.1) is 11.9 Å². The third-order valence-corrected chi connectivity index (χ3v) is 2.22. The summed E-state index contributed by atoms with van der Waals surface area (Å²) in [4.78, 5) is 0. The normalized spacial score (nSPS) is 10.1. The van der Waals surface area contributed by atoms with E-state index in [1.54, 1.807) is 6.21 Å². The van der Waals surface area contributed by atoms with Gasteiger partial charge in [-0.3, -0.25) is 0 Å². The molecule has 0 bridgehead atoms. The van der Waals surface area contributed by atoms with Gasteiger partial charge in [0.1, 0.15) is 0 Å². The molecule has 3 nitrogen and oxygen atoms in total. The minimum atomic E-state index is 0.752. The van der Waals surface area contributed by atoms with Crippen molar-refractivity contribution in [3.63, 3.8) is 0 Å². The van der Waals surface area contributed by atoms with Crippen LogP contribution < -0.4 is 5.01 Å². The number of hydrogen-bond donors (Lipinski definition) is 0. The second-order valence-electron chi connectivity index (χ2n) is 3.40. The van der Waals surface area contributed by atoms with Crippen molar-refractivity contribution in [1.82, 2.24) is 0 Å². The van der Waals surface area contributed by atoms with Crippen molar-refractivity contribution < 1.29 is 0 Å². The van der Waals surface area contributed by atoms with Crippen molar-refractivity contribution in [1.29, 1.82) is 5.26 Å². The molecule has 2 aromatic rings. The summed E-state index contributed by atoms with van der Waals surface area (Å²) in [6.45, 7) is 0. The molecule has 0 N–H and O–H groups in total. The van der Waals surface area contributed by atoms with Crippen LogP contribution in [0, 0.1) is 11.5 Å². The molecule has 0 unspecified atom stereocenters. The van der Waals surface area contributed by atoms with Gasteiger partial charge in [0.15, 0.2) is 0 Å². The summed E-state index contributed by atoms with van der Waals surface area (Å²) in [5.41, 5.74) is 1.71. The Kier molecular flexibility index (Phi) is 3.51. The average Bonchev–Trinajstić information content (AvgIpc) is 2.42. The van der Waals surface area contributed by atoms with Crippen molar-refractivity contribution in [2.45, 2.75) is 0 Å². The van der Waals surface area contributed by atoms with Gasteiger partial charge in [-0.2, -0.15) is 15.4 Å². The first-order chi connectivity index (χ1) is 8.40.